The predicted octanol–water partition coefficient (Wildman–Crippen LogP) is 4.35. The topological polar surface area (TPSA) is 74.3 Å². The van der Waals surface area contributed by atoms with Crippen molar-refractivity contribution in [2.75, 3.05) is 6.61 Å². The molecule has 3 rings (SSSR count). The van der Waals surface area contributed by atoms with Gasteiger partial charge in [-0.15, -0.1) is 11.3 Å². The number of rotatable bonds is 6. The molecule has 0 N–H and O–H groups in total. The minimum absolute atomic E-state index is 0.261. The molecule has 0 unspecified atom stereocenters. The Bertz CT molecular complexity index is 970. The number of ketones is 1. The number of halogens is 1. The number of carbonyl (C=O) groups is 2. The lowest BCUT2D eigenvalue weighted by molar-refractivity contribution is -0.136. The zero-order valence-electron chi connectivity index (χ0n) is 14.1. The van der Waals surface area contributed by atoms with Crippen molar-refractivity contribution in [1.29, 1.82) is 0 Å². The molecule has 134 valence electrons. The molecule has 0 amide bonds. The predicted molar refractivity (Wildman–Crippen MR) is 102 cm³/mol. The summed E-state index contributed by atoms with van der Waals surface area (Å²) in [6, 6.07) is 5.20. The van der Waals surface area contributed by atoms with Crippen LogP contribution in [0.4, 0.5) is 0 Å². The molecule has 0 saturated carbocycles. The first-order valence-corrected chi connectivity index (χ1v) is 9.35. The smallest absolute Gasteiger partial charge is 0.331 e. The summed E-state index contributed by atoms with van der Waals surface area (Å²) in [5, 5.41) is 2.67. The number of hydrogen-bond acceptors (Lipinski definition) is 6. The number of carbonyl (C=O) groups excluding carboxylic acids is 2. The van der Waals surface area contributed by atoms with Crippen molar-refractivity contribution in [3.05, 3.63) is 63.2 Å². The monoisotopic (exact) mass is 434 g/mol. The Labute approximate surface area is 162 Å². The summed E-state index contributed by atoms with van der Waals surface area (Å²) >= 11 is 4.66. The normalized spacial score (nSPS) is 11.2. The van der Waals surface area contributed by atoms with E-state index in [1.165, 1.54) is 23.5 Å². The fourth-order valence-electron chi connectivity index (χ4n) is 2.50. The van der Waals surface area contributed by atoms with Gasteiger partial charge in [-0.2, -0.15) is 0 Å². The number of furan rings is 1. The zero-order chi connectivity index (χ0) is 18.7. The number of aromatic nitrogens is 2. The number of esters is 1. The Kier molecular flexibility index (Phi) is 5.53. The Hall–Kier alpha value is -2.45. The molecule has 0 aliphatic rings. The van der Waals surface area contributed by atoms with Gasteiger partial charge in [-0.05, 0) is 54.1 Å². The SMILES string of the molecule is Cc1cc(C(=O)COC(=O)C=Cc2ccc(Br)o2)c(C)n1-c1nccs1. The highest BCUT2D eigenvalue weighted by Gasteiger charge is 2.18. The molecule has 0 bridgehead atoms. The van der Waals surface area contributed by atoms with Gasteiger partial charge >= 0.3 is 5.97 Å². The van der Waals surface area contributed by atoms with Crippen molar-refractivity contribution in [2.45, 2.75) is 13.8 Å². The maximum absolute atomic E-state index is 12.4. The van der Waals surface area contributed by atoms with Crippen LogP contribution in [0.15, 0.2) is 44.9 Å². The number of Topliss-reactive ketones (excluding diaryl/α,β-unsaturated/α-hetero) is 1. The highest BCUT2D eigenvalue weighted by molar-refractivity contribution is 9.10. The van der Waals surface area contributed by atoms with Gasteiger partial charge < -0.3 is 9.15 Å². The Morgan fingerprint density at radius 2 is 2.19 bits per heavy atom. The van der Waals surface area contributed by atoms with E-state index in [-0.39, 0.29) is 12.4 Å². The van der Waals surface area contributed by atoms with E-state index in [4.69, 9.17) is 9.15 Å². The van der Waals surface area contributed by atoms with Gasteiger partial charge in [0.15, 0.2) is 16.4 Å². The summed E-state index contributed by atoms with van der Waals surface area (Å²) in [5.74, 6) is -0.366. The van der Waals surface area contributed by atoms with Gasteiger partial charge in [0, 0.05) is 34.6 Å². The van der Waals surface area contributed by atoms with Gasteiger partial charge in [0.05, 0.1) is 0 Å². The van der Waals surface area contributed by atoms with Crippen LogP contribution in [0.3, 0.4) is 0 Å². The summed E-state index contributed by atoms with van der Waals surface area (Å²) in [6.07, 6.45) is 4.41. The molecule has 8 heteroatoms. The minimum Gasteiger partial charge on any atom is -0.454 e. The first-order valence-electron chi connectivity index (χ1n) is 7.68. The van der Waals surface area contributed by atoms with Gasteiger partial charge in [-0.1, -0.05) is 0 Å². The van der Waals surface area contributed by atoms with E-state index >= 15 is 0 Å². The standard InChI is InChI=1S/C18H15BrN2O4S/c1-11-9-14(12(2)21(11)18-20-7-8-26-18)15(22)10-24-17(23)6-4-13-3-5-16(19)25-13/h3-9H,10H2,1-2H3. The zero-order valence-corrected chi connectivity index (χ0v) is 16.5. The van der Waals surface area contributed by atoms with Crippen LogP contribution < -0.4 is 0 Å². The molecule has 3 aromatic heterocycles. The van der Waals surface area contributed by atoms with Crippen LogP contribution in [0.25, 0.3) is 11.2 Å². The number of aryl methyl sites for hydroxylation is 1. The van der Waals surface area contributed by atoms with E-state index in [0.717, 1.165) is 16.5 Å². The highest BCUT2D eigenvalue weighted by Crippen LogP contribution is 2.22. The van der Waals surface area contributed by atoms with Crippen LogP contribution >= 0.6 is 27.3 Å². The van der Waals surface area contributed by atoms with E-state index in [0.29, 0.717) is 16.0 Å². The number of ether oxygens (including phenoxy) is 1. The molecule has 0 radical (unpaired) electrons. The number of hydrogen-bond donors (Lipinski definition) is 0. The van der Waals surface area contributed by atoms with E-state index in [1.807, 2.05) is 23.8 Å². The fourth-order valence-corrected chi connectivity index (χ4v) is 3.57. The molecule has 3 aromatic rings. The molecular weight excluding hydrogens is 420 g/mol. The van der Waals surface area contributed by atoms with Crippen molar-refractivity contribution < 1.29 is 18.7 Å². The molecule has 26 heavy (non-hydrogen) atoms. The Morgan fingerprint density at radius 3 is 2.85 bits per heavy atom. The lowest BCUT2D eigenvalue weighted by Crippen LogP contribution is -2.13. The molecule has 3 heterocycles. The van der Waals surface area contributed by atoms with Crippen molar-refractivity contribution >= 4 is 45.1 Å². The maximum Gasteiger partial charge on any atom is 0.331 e. The maximum atomic E-state index is 12.4. The van der Waals surface area contributed by atoms with Crippen LogP contribution in [0, 0.1) is 13.8 Å². The Morgan fingerprint density at radius 1 is 1.38 bits per heavy atom. The highest BCUT2D eigenvalue weighted by atomic mass is 79.9. The van der Waals surface area contributed by atoms with E-state index in [9.17, 15) is 9.59 Å². The van der Waals surface area contributed by atoms with Crippen LogP contribution in [-0.4, -0.2) is 27.9 Å². The molecule has 0 aliphatic carbocycles. The summed E-state index contributed by atoms with van der Waals surface area (Å²) in [5.41, 5.74) is 2.19. The third-order valence-electron chi connectivity index (χ3n) is 3.67. The van der Waals surface area contributed by atoms with Gasteiger partial charge in [0.2, 0.25) is 5.78 Å². The summed E-state index contributed by atoms with van der Waals surface area (Å²) < 4.78 is 12.8. The minimum atomic E-state index is -0.611. The van der Waals surface area contributed by atoms with Crippen molar-refractivity contribution in [3.63, 3.8) is 0 Å². The van der Waals surface area contributed by atoms with Crippen molar-refractivity contribution in [1.82, 2.24) is 9.55 Å². The van der Waals surface area contributed by atoms with Gasteiger partial charge in [-0.3, -0.25) is 9.36 Å². The van der Waals surface area contributed by atoms with E-state index in [1.54, 1.807) is 24.4 Å². The lowest BCUT2D eigenvalue weighted by atomic mass is 10.1. The molecule has 0 atom stereocenters. The first-order chi connectivity index (χ1) is 12.5. The third-order valence-corrected chi connectivity index (χ3v) is 4.85. The molecule has 0 spiro atoms. The molecule has 0 saturated heterocycles. The van der Waals surface area contributed by atoms with Crippen LogP contribution in [-0.2, 0) is 9.53 Å². The van der Waals surface area contributed by atoms with Crippen LogP contribution in [0.5, 0.6) is 0 Å². The van der Waals surface area contributed by atoms with Crippen LogP contribution in [0.2, 0.25) is 0 Å². The second-order valence-electron chi connectivity index (χ2n) is 5.44. The summed E-state index contributed by atoms with van der Waals surface area (Å²) in [4.78, 5) is 28.5. The fraction of sp³-hybridized carbons (Fsp3) is 0.167. The second kappa shape index (κ2) is 7.84. The van der Waals surface area contributed by atoms with Crippen molar-refractivity contribution in [2.24, 2.45) is 0 Å². The quantitative estimate of drug-likeness (QED) is 0.327. The number of thiazole rings is 1. The van der Waals surface area contributed by atoms with Crippen molar-refractivity contribution in [3.8, 4) is 5.13 Å². The molecule has 0 aliphatic heterocycles. The largest absolute Gasteiger partial charge is 0.454 e. The van der Waals surface area contributed by atoms with Gasteiger partial charge in [0.1, 0.15) is 5.76 Å². The summed E-state index contributed by atoms with van der Waals surface area (Å²) in [7, 11) is 0. The average Bonchev–Trinajstić information content (AvgIpc) is 3.32. The molecule has 0 aromatic carbocycles. The Balaban J connectivity index is 1.64. The third kappa shape index (κ3) is 4.03. The summed E-state index contributed by atoms with van der Waals surface area (Å²) in [6.45, 7) is 3.42. The van der Waals surface area contributed by atoms with Gasteiger partial charge in [0.25, 0.3) is 0 Å². The van der Waals surface area contributed by atoms with Crippen LogP contribution in [0.1, 0.15) is 27.5 Å². The second-order valence-corrected chi connectivity index (χ2v) is 7.10. The average molecular weight is 435 g/mol. The molecule has 6 nitrogen and oxygen atoms in total. The van der Waals surface area contributed by atoms with E-state index in [2.05, 4.69) is 20.9 Å². The van der Waals surface area contributed by atoms with E-state index < -0.39 is 5.97 Å². The first kappa shape index (κ1) is 18.3. The molecule has 0 fully saturated rings. The molecular formula is C18H15BrN2O4S. The lowest BCUT2D eigenvalue weighted by Gasteiger charge is -2.05. The number of nitrogens with zero attached hydrogens (tertiary/aromatic N) is 2. The van der Waals surface area contributed by atoms with Gasteiger partial charge in [-0.25, -0.2) is 9.78 Å².